The number of carbonyl (C=O) groups is 1. The van der Waals surface area contributed by atoms with Crippen molar-refractivity contribution in [3.8, 4) is 0 Å². The molecule has 2 fully saturated rings. The van der Waals surface area contributed by atoms with E-state index in [9.17, 15) is 9.18 Å². The number of carbonyl (C=O) groups excluding carboxylic acids is 1. The van der Waals surface area contributed by atoms with Gasteiger partial charge in [-0.25, -0.2) is 9.37 Å². The Morgan fingerprint density at radius 1 is 1.04 bits per heavy atom. The van der Waals surface area contributed by atoms with E-state index in [2.05, 4.69) is 26.7 Å². The first kappa shape index (κ1) is 18.9. The number of likely N-dealkylation sites (N-methyl/N-ethyl adjacent to an activating group) is 1. The number of hydrogen-bond acceptors (Lipinski definition) is 6. The standard InChI is InChI=1S/C20H26FN5O2/c1-23-6-10-26(11-7-23)20(27)18-15-28-19(22-18)14-24-8-12-25(13-9-24)17-4-2-16(21)3-5-17/h2-5,15H,6-14H2,1H3. The number of anilines is 1. The summed E-state index contributed by atoms with van der Waals surface area (Å²) < 4.78 is 18.6. The van der Waals surface area contributed by atoms with Crippen molar-refractivity contribution in [2.24, 2.45) is 0 Å². The molecule has 0 atom stereocenters. The summed E-state index contributed by atoms with van der Waals surface area (Å²) in [4.78, 5) is 25.5. The highest BCUT2D eigenvalue weighted by Crippen LogP contribution is 2.18. The largest absolute Gasteiger partial charge is 0.447 e. The zero-order chi connectivity index (χ0) is 19.5. The number of rotatable bonds is 4. The number of amides is 1. The topological polar surface area (TPSA) is 56.1 Å². The van der Waals surface area contributed by atoms with Gasteiger partial charge in [-0.3, -0.25) is 9.69 Å². The average Bonchev–Trinajstić information content (AvgIpc) is 3.18. The molecule has 0 radical (unpaired) electrons. The van der Waals surface area contributed by atoms with E-state index in [0.717, 1.165) is 58.0 Å². The first-order chi connectivity index (χ1) is 13.6. The molecule has 1 amide bonds. The minimum atomic E-state index is -0.215. The Kier molecular flexibility index (Phi) is 5.59. The van der Waals surface area contributed by atoms with Crippen molar-refractivity contribution in [2.45, 2.75) is 6.54 Å². The summed E-state index contributed by atoms with van der Waals surface area (Å²) in [6.45, 7) is 7.25. The molecule has 0 bridgehead atoms. The maximum atomic E-state index is 13.1. The minimum absolute atomic E-state index is 0.0516. The second-order valence-electron chi connectivity index (χ2n) is 7.46. The van der Waals surface area contributed by atoms with E-state index >= 15 is 0 Å². The van der Waals surface area contributed by atoms with Crippen LogP contribution in [0.4, 0.5) is 10.1 Å². The third-order valence-corrected chi connectivity index (χ3v) is 5.48. The highest BCUT2D eigenvalue weighted by Gasteiger charge is 2.24. The van der Waals surface area contributed by atoms with Crippen molar-refractivity contribution in [3.63, 3.8) is 0 Å². The molecule has 1 aromatic carbocycles. The van der Waals surface area contributed by atoms with E-state index in [1.54, 1.807) is 0 Å². The van der Waals surface area contributed by atoms with Crippen LogP contribution in [-0.2, 0) is 6.54 Å². The lowest BCUT2D eigenvalue weighted by Crippen LogP contribution is -2.47. The summed E-state index contributed by atoms with van der Waals surface area (Å²) in [6, 6.07) is 6.62. The summed E-state index contributed by atoms with van der Waals surface area (Å²) in [5.74, 6) is 0.310. The van der Waals surface area contributed by atoms with Gasteiger partial charge in [0.1, 0.15) is 12.1 Å². The molecule has 2 aromatic rings. The van der Waals surface area contributed by atoms with Crippen LogP contribution in [0.25, 0.3) is 0 Å². The van der Waals surface area contributed by atoms with E-state index < -0.39 is 0 Å². The molecule has 1 aromatic heterocycles. The quantitative estimate of drug-likeness (QED) is 0.793. The van der Waals surface area contributed by atoms with Crippen LogP contribution in [0.5, 0.6) is 0 Å². The highest BCUT2D eigenvalue weighted by atomic mass is 19.1. The SMILES string of the molecule is CN1CCN(C(=O)c2coc(CN3CCN(c4ccc(F)cc4)CC3)n2)CC1. The molecule has 2 saturated heterocycles. The van der Waals surface area contributed by atoms with Gasteiger partial charge in [0.15, 0.2) is 5.69 Å². The maximum Gasteiger partial charge on any atom is 0.275 e. The first-order valence-electron chi connectivity index (χ1n) is 9.73. The normalized spacial score (nSPS) is 19.2. The molecular weight excluding hydrogens is 361 g/mol. The van der Waals surface area contributed by atoms with Crippen LogP contribution in [0.15, 0.2) is 34.9 Å². The number of nitrogens with zero attached hydrogens (tertiary/aromatic N) is 5. The van der Waals surface area contributed by atoms with Crippen LogP contribution < -0.4 is 4.90 Å². The predicted molar refractivity (Wildman–Crippen MR) is 104 cm³/mol. The summed E-state index contributed by atoms with van der Waals surface area (Å²) in [5.41, 5.74) is 1.43. The second kappa shape index (κ2) is 8.28. The van der Waals surface area contributed by atoms with Crippen molar-refractivity contribution in [2.75, 3.05) is 64.3 Å². The Morgan fingerprint density at radius 2 is 1.71 bits per heavy atom. The lowest BCUT2D eigenvalue weighted by atomic mass is 10.2. The monoisotopic (exact) mass is 387 g/mol. The fraction of sp³-hybridized carbons (Fsp3) is 0.500. The molecule has 4 rings (SSSR count). The Morgan fingerprint density at radius 3 is 2.39 bits per heavy atom. The molecule has 0 aliphatic carbocycles. The Bertz CT molecular complexity index is 793. The van der Waals surface area contributed by atoms with E-state index in [-0.39, 0.29) is 11.7 Å². The minimum Gasteiger partial charge on any atom is -0.447 e. The third kappa shape index (κ3) is 4.34. The van der Waals surface area contributed by atoms with Gasteiger partial charge >= 0.3 is 0 Å². The molecule has 8 heteroatoms. The zero-order valence-electron chi connectivity index (χ0n) is 16.2. The predicted octanol–water partition coefficient (Wildman–Crippen LogP) is 1.52. The summed E-state index contributed by atoms with van der Waals surface area (Å²) in [5, 5.41) is 0. The van der Waals surface area contributed by atoms with Crippen LogP contribution in [0, 0.1) is 5.82 Å². The number of halogens is 1. The Hall–Kier alpha value is -2.45. The van der Waals surface area contributed by atoms with E-state index in [1.807, 2.05) is 17.0 Å². The molecule has 0 N–H and O–H groups in total. The van der Waals surface area contributed by atoms with Crippen molar-refractivity contribution in [3.05, 3.63) is 47.9 Å². The molecule has 7 nitrogen and oxygen atoms in total. The number of hydrogen-bond donors (Lipinski definition) is 0. The smallest absolute Gasteiger partial charge is 0.275 e. The van der Waals surface area contributed by atoms with Crippen LogP contribution in [0.3, 0.4) is 0 Å². The van der Waals surface area contributed by atoms with Crippen molar-refractivity contribution < 1.29 is 13.6 Å². The zero-order valence-corrected chi connectivity index (χ0v) is 16.2. The Labute approximate surface area is 164 Å². The summed E-state index contributed by atoms with van der Waals surface area (Å²) in [6.07, 6.45) is 1.48. The van der Waals surface area contributed by atoms with Gasteiger partial charge in [-0.2, -0.15) is 0 Å². The van der Waals surface area contributed by atoms with Gasteiger partial charge < -0.3 is 19.1 Å². The molecule has 0 saturated carbocycles. The van der Waals surface area contributed by atoms with Gasteiger partial charge in [-0.05, 0) is 31.3 Å². The highest BCUT2D eigenvalue weighted by molar-refractivity contribution is 5.92. The number of oxazole rings is 1. The molecule has 0 unspecified atom stereocenters. The fourth-order valence-electron chi connectivity index (χ4n) is 3.66. The van der Waals surface area contributed by atoms with Crippen LogP contribution in [0.2, 0.25) is 0 Å². The van der Waals surface area contributed by atoms with Gasteiger partial charge in [0.2, 0.25) is 5.89 Å². The van der Waals surface area contributed by atoms with Gasteiger partial charge in [0.05, 0.1) is 6.54 Å². The maximum absolute atomic E-state index is 13.1. The molecule has 28 heavy (non-hydrogen) atoms. The molecule has 2 aliphatic heterocycles. The molecule has 150 valence electrons. The fourth-order valence-corrected chi connectivity index (χ4v) is 3.66. The van der Waals surface area contributed by atoms with Crippen molar-refractivity contribution in [1.82, 2.24) is 19.7 Å². The van der Waals surface area contributed by atoms with E-state index in [1.165, 1.54) is 18.4 Å². The molecular formula is C20H26FN5O2. The number of benzene rings is 1. The van der Waals surface area contributed by atoms with Gasteiger partial charge in [0.25, 0.3) is 5.91 Å². The van der Waals surface area contributed by atoms with Gasteiger partial charge in [-0.15, -0.1) is 0 Å². The van der Waals surface area contributed by atoms with E-state index in [4.69, 9.17) is 4.42 Å². The van der Waals surface area contributed by atoms with Crippen molar-refractivity contribution >= 4 is 11.6 Å². The Balaban J connectivity index is 1.29. The van der Waals surface area contributed by atoms with E-state index in [0.29, 0.717) is 18.1 Å². The molecule has 2 aliphatic rings. The second-order valence-corrected chi connectivity index (χ2v) is 7.46. The third-order valence-electron chi connectivity index (χ3n) is 5.48. The molecule has 3 heterocycles. The summed E-state index contributed by atoms with van der Waals surface area (Å²) in [7, 11) is 2.06. The van der Waals surface area contributed by atoms with Gasteiger partial charge in [-0.1, -0.05) is 0 Å². The average molecular weight is 387 g/mol. The van der Waals surface area contributed by atoms with Crippen LogP contribution in [0.1, 0.15) is 16.4 Å². The van der Waals surface area contributed by atoms with Gasteiger partial charge in [0, 0.05) is 58.0 Å². The van der Waals surface area contributed by atoms with Crippen LogP contribution >= 0.6 is 0 Å². The molecule has 0 spiro atoms. The summed E-state index contributed by atoms with van der Waals surface area (Å²) >= 11 is 0. The first-order valence-corrected chi connectivity index (χ1v) is 9.73. The number of piperazine rings is 2. The van der Waals surface area contributed by atoms with Crippen LogP contribution in [-0.4, -0.2) is 85.0 Å². The lowest BCUT2D eigenvalue weighted by molar-refractivity contribution is 0.0658. The van der Waals surface area contributed by atoms with Crippen molar-refractivity contribution in [1.29, 1.82) is 0 Å². The lowest BCUT2D eigenvalue weighted by Gasteiger charge is -2.35. The number of aromatic nitrogens is 1.